The monoisotopic (exact) mass is 312 g/mol. The highest BCUT2D eigenvalue weighted by molar-refractivity contribution is 6.30. The molecule has 2 N–H and O–H groups in total. The number of ether oxygens (including phenoxy) is 1. The molecule has 0 aliphatic carbocycles. The normalized spacial score (nSPS) is 14.0. The van der Waals surface area contributed by atoms with Gasteiger partial charge in [0.1, 0.15) is 0 Å². The van der Waals surface area contributed by atoms with Gasteiger partial charge in [-0.1, -0.05) is 25.4 Å². The van der Waals surface area contributed by atoms with E-state index >= 15 is 0 Å². The SMILES string of the molecule is CCC(N)Cc1cc(Cl)ccc1N(CCOC)C(C)CC. The van der Waals surface area contributed by atoms with E-state index in [9.17, 15) is 0 Å². The first kappa shape index (κ1) is 18.3. The van der Waals surface area contributed by atoms with Crippen LogP contribution in [0.25, 0.3) is 0 Å². The Morgan fingerprint density at radius 1 is 1.29 bits per heavy atom. The Hall–Kier alpha value is -0.770. The van der Waals surface area contributed by atoms with E-state index < -0.39 is 0 Å². The fraction of sp³-hybridized carbons (Fsp3) is 0.647. The second-order valence-electron chi connectivity index (χ2n) is 5.59. The van der Waals surface area contributed by atoms with Gasteiger partial charge >= 0.3 is 0 Å². The summed E-state index contributed by atoms with van der Waals surface area (Å²) in [5.74, 6) is 0. The van der Waals surface area contributed by atoms with E-state index in [2.05, 4.69) is 37.8 Å². The van der Waals surface area contributed by atoms with Crippen molar-refractivity contribution in [3.8, 4) is 0 Å². The predicted octanol–water partition coefficient (Wildman–Crippen LogP) is 3.87. The Bertz CT molecular complexity index is 425. The standard InChI is InChI=1S/C17H29ClN2O/c1-5-13(3)20(9-10-21-4)17-8-7-15(18)11-14(17)12-16(19)6-2/h7-8,11,13,16H,5-6,9-10,12,19H2,1-4H3. The number of anilines is 1. The van der Waals surface area contributed by atoms with Crippen LogP contribution in [0, 0.1) is 0 Å². The highest BCUT2D eigenvalue weighted by atomic mass is 35.5. The molecule has 0 amide bonds. The van der Waals surface area contributed by atoms with Crippen molar-refractivity contribution in [2.75, 3.05) is 25.2 Å². The van der Waals surface area contributed by atoms with Crippen LogP contribution in [-0.4, -0.2) is 32.3 Å². The van der Waals surface area contributed by atoms with Gasteiger partial charge in [0.15, 0.2) is 0 Å². The lowest BCUT2D eigenvalue weighted by Crippen LogP contribution is -2.36. The molecule has 1 aromatic rings. The predicted molar refractivity (Wildman–Crippen MR) is 92.4 cm³/mol. The number of rotatable bonds is 9. The Kier molecular flexibility index (Phi) is 8.09. The minimum absolute atomic E-state index is 0.170. The van der Waals surface area contributed by atoms with Crippen LogP contribution in [0.1, 0.15) is 39.2 Å². The van der Waals surface area contributed by atoms with Crippen LogP contribution in [0.5, 0.6) is 0 Å². The second kappa shape index (κ2) is 9.29. The van der Waals surface area contributed by atoms with Crippen LogP contribution in [0.2, 0.25) is 5.02 Å². The maximum absolute atomic E-state index is 6.18. The van der Waals surface area contributed by atoms with Gasteiger partial charge < -0.3 is 15.4 Å². The molecule has 120 valence electrons. The minimum Gasteiger partial charge on any atom is -0.383 e. The van der Waals surface area contributed by atoms with Crippen LogP contribution < -0.4 is 10.6 Å². The van der Waals surface area contributed by atoms with E-state index in [1.54, 1.807) is 7.11 Å². The number of benzene rings is 1. The van der Waals surface area contributed by atoms with Crippen molar-refractivity contribution in [3.63, 3.8) is 0 Å². The van der Waals surface area contributed by atoms with E-state index in [0.717, 1.165) is 30.8 Å². The summed E-state index contributed by atoms with van der Waals surface area (Å²) >= 11 is 6.18. The van der Waals surface area contributed by atoms with Gasteiger partial charge in [0.2, 0.25) is 0 Å². The maximum atomic E-state index is 6.18. The second-order valence-corrected chi connectivity index (χ2v) is 6.03. The van der Waals surface area contributed by atoms with E-state index in [4.69, 9.17) is 22.1 Å². The van der Waals surface area contributed by atoms with Gasteiger partial charge in [-0.15, -0.1) is 0 Å². The number of nitrogens with two attached hydrogens (primary N) is 1. The third-order valence-electron chi connectivity index (χ3n) is 4.02. The molecule has 0 heterocycles. The zero-order chi connectivity index (χ0) is 15.8. The first-order valence-electron chi connectivity index (χ1n) is 7.83. The summed E-state index contributed by atoms with van der Waals surface area (Å²) in [7, 11) is 1.74. The first-order chi connectivity index (χ1) is 10.0. The van der Waals surface area contributed by atoms with Gasteiger partial charge in [-0.25, -0.2) is 0 Å². The van der Waals surface area contributed by atoms with Crippen molar-refractivity contribution < 1.29 is 4.74 Å². The molecule has 2 atom stereocenters. The van der Waals surface area contributed by atoms with E-state index in [-0.39, 0.29) is 6.04 Å². The van der Waals surface area contributed by atoms with Crippen molar-refractivity contribution in [1.82, 2.24) is 0 Å². The van der Waals surface area contributed by atoms with E-state index in [1.165, 1.54) is 11.3 Å². The number of hydrogen-bond acceptors (Lipinski definition) is 3. The topological polar surface area (TPSA) is 38.5 Å². The van der Waals surface area contributed by atoms with Crippen molar-refractivity contribution in [2.45, 2.75) is 52.1 Å². The molecule has 21 heavy (non-hydrogen) atoms. The van der Waals surface area contributed by atoms with Crippen molar-refractivity contribution in [2.24, 2.45) is 5.73 Å². The number of nitrogens with zero attached hydrogens (tertiary/aromatic N) is 1. The molecule has 0 saturated heterocycles. The van der Waals surface area contributed by atoms with Crippen LogP contribution in [-0.2, 0) is 11.2 Å². The summed E-state index contributed by atoms with van der Waals surface area (Å²) in [6.07, 6.45) is 2.91. The molecule has 0 saturated carbocycles. The molecule has 0 bridgehead atoms. The molecule has 0 aromatic heterocycles. The minimum atomic E-state index is 0.170. The summed E-state index contributed by atoms with van der Waals surface area (Å²) in [5.41, 5.74) is 8.61. The van der Waals surface area contributed by atoms with Crippen molar-refractivity contribution >= 4 is 17.3 Å². The highest BCUT2D eigenvalue weighted by Crippen LogP contribution is 2.28. The lowest BCUT2D eigenvalue weighted by molar-refractivity contribution is 0.203. The zero-order valence-corrected chi connectivity index (χ0v) is 14.5. The fourth-order valence-corrected chi connectivity index (χ4v) is 2.61. The Labute approximate surface area is 134 Å². The molecule has 4 heteroatoms. The number of hydrogen-bond donors (Lipinski definition) is 1. The van der Waals surface area contributed by atoms with Gasteiger partial charge in [0, 0.05) is 36.4 Å². The fourth-order valence-electron chi connectivity index (χ4n) is 2.41. The molecule has 0 radical (unpaired) electrons. The van der Waals surface area contributed by atoms with Gasteiger partial charge in [0.25, 0.3) is 0 Å². The molecule has 0 fully saturated rings. The molecule has 3 nitrogen and oxygen atoms in total. The first-order valence-corrected chi connectivity index (χ1v) is 8.20. The molecular weight excluding hydrogens is 284 g/mol. The Morgan fingerprint density at radius 3 is 2.57 bits per heavy atom. The lowest BCUT2D eigenvalue weighted by atomic mass is 10.0. The summed E-state index contributed by atoms with van der Waals surface area (Å²) in [6, 6.07) is 6.75. The van der Waals surface area contributed by atoms with Crippen LogP contribution in [0.4, 0.5) is 5.69 Å². The van der Waals surface area contributed by atoms with Crippen molar-refractivity contribution in [3.05, 3.63) is 28.8 Å². The third-order valence-corrected chi connectivity index (χ3v) is 4.25. The molecular formula is C17H29ClN2O. The van der Waals surface area contributed by atoms with Gasteiger partial charge in [-0.2, -0.15) is 0 Å². The Morgan fingerprint density at radius 2 is 2.00 bits per heavy atom. The zero-order valence-electron chi connectivity index (χ0n) is 13.7. The highest BCUT2D eigenvalue weighted by Gasteiger charge is 2.17. The average molecular weight is 313 g/mol. The third kappa shape index (κ3) is 5.50. The molecule has 0 aliphatic rings. The van der Waals surface area contributed by atoms with Crippen molar-refractivity contribution in [1.29, 1.82) is 0 Å². The van der Waals surface area contributed by atoms with E-state index in [0.29, 0.717) is 12.6 Å². The average Bonchev–Trinajstić information content (AvgIpc) is 2.48. The Balaban J connectivity index is 3.10. The van der Waals surface area contributed by atoms with Gasteiger partial charge in [-0.3, -0.25) is 0 Å². The summed E-state index contributed by atoms with van der Waals surface area (Å²) in [6.45, 7) is 8.16. The summed E-state index contributed by atoms with van der Waals surface area (Å²) in [5, 5.41) is 0.771. The van der Waals surface area contributed by atoms with Gasteiger partial charge in [-0.05, 0) is 49.9 Å². The summed E-state index contributed by atoms with van der Waals surface area (Å²) < 4.78 is 5.26. The molecule has 1 aromatic carbocycles. The quantitative estimate of drug-likeness (QED) is 0.752. The van der Waals surface area contributed by atoms with Gasteiger partial charge in [0.05, 0.1) is 6.61 Å². The lowest BCUT2D eigenvalue weighted by Gasteiger charge is -2.33. The smallest absolute Gasteiger partial charge is 0.0637 e. The molecule has 2 unspecified atom stereocenters. The van der Waals surface area contributed by atoms with Crippen LogP contribution >= 0.6 is 11.6 Å². The molecule has 1 rings (SSSR count). The molecule has 0 spiro atoms. The summed E-state index contributed by atoms with van der Waals surface area (Å²) in [4.78, 5) is 2.40. The van der Waals surface area contributed by atoms with E-state index in [1.807, 2.05) is 6.07 Å². The maximum Gasteiger partial charge on any atom is 0.0637 e. The van der Waals surface area contributed by atoms with Crippen LogP contribution in [0.3, 0.4) is 0 Å². The largest absolute Gasteiger partial charge is 0.383 e. The number of halogens is 1. The number of methoxy groups -OCH3 is 1. The molecule has 0 aliphatic heterocycles. The van der Waals surface area contributed by atoms with Crippen LogP contribution in [0.15, 0.2) is 18.2 Å².